The Morgan fingerprint density at radius 2 is 1.79 bits per heavy atom. The number of ether oxygens (including phenoxy) is 2. The summed E-state index contributed by atoms with van der Waals surface area (Å²) in [5.41, 5.74) is -1.82. The van der Waals surface area contributed by atoms with E-state index in [0.717, 1.165) is 24.9 Å². The molecule has 2 aromatic carbocycles. The van der Waals surface area contributed by atoms with Gasteiger partial charge in [-0.25, -0.2) is 13.2 Å². The molecule has 232 valence electrons. The molecule has 0 saturated carbocycles. The Bertz CT molecular complexity index is 1380. The molecule has 1 amide bonds. The van der Waals surface area contributed by atoms with Crippen LogP contribution in [0.4, 0.5) is 11.4 Å². The first-order valence-electron chi connectivity index (χ1n) is 14.4. The Labute approximate surface area is 258 Å². The van der Waals surface area contributed by atoms with Crippen LogP contribution in [0.25, 0.3) is 0 Å². The van der Waals surface area contributed by atoms with Gasteiger partial charge in [-0.3, -0.25) is 4.79 Å². The van der Waals surface area contributed by atoms with Crippen molar-refractivity contribution in [2.24, 2.45) is 5.41 Å². The Morgan fingerprint density at radius 1 is 1.12 bits per heavy atom. The average Bonchev–Trinajstić information content (AvgIpc) is 3.01. The summed E-state index contributed by atoms with van der Waals surface area (Å²) in [5.74, 6) is -1.89. The summed E-state index contributed by atoms with van der Waals surface area (Å²) in [7, 11) is -3.75. The number of unbranched alkanes of at least 4 members (excludes halogenated alkanes) is 1. The highest BCUT2D eigenvalue weighted by molar-refractivity contribution is 9.10. The topological polar surface area (TPSA) is 122 Å². The largest absolute Gasteiger partial charge is 0.483 e. The van der Waals surface area contributed by atoms with Crippen molar-refractivity contribution >= 4 is 49.0 Å². The maximum absolute atomic E-state index is 14.0. The molecule has 0 spiro atoms. The smallest absolute Gasteiger partial charge is 0.357 e. The van der Waals surface area contributed by atoms with E-state index >= 15 is 0 Å². The van der Waals surface area contributed by atoms with Gasteiger partial charge in [-0.1, -0.05) is 51.8 Å². The molecule has 0 radical (unpaired) electrons. The summed E-state index contributed by atoms with van der Waals surface area (Å²) in [4.78, 5) is 27.2. The molecule has 0 fully saturated rings. The molecular formula is C31H43BrN2O7S. The van der Waals surface area contributed by atoms with E-state index in [2.05, 4.69) is 33.1 Å². The fourth-order valence-electron chi connectivity index (χ4n) is 5.34. The number of aliphatic carboxylic acids is 1. The van der Waals surface area contributed by atoms with Gasteiger partial charge in [0.1, 0.15) is 5.75 Å². The maximum Gasteiger partial charge on any atom is 0.357 e. The van der Waals surface area contributed by atoms with Crippen molar-refractivity contribution in [3.8, 4) is 5.75 Å². The number of amides is 1. The maximum atomic E-state index is 14.0. The van der Waals surface area contributed by atoms with Gasteiger partial charge in [-0.05, 0) is 67.7 Å². The molecule has 1 heterocycles. The summed E-state index contributed by atoms with van der Waals surface area (Å²) in [6.45, 7) is 10.8. The van der Waals surface area contributed by atoms with Crippen LogP contribution in [0.5, 0.6) is 5.75 Å². The third kappa shape index (κ3) is 7.85. The number of nitrogens with zero attached hydrogens (tertiary/aromatic N) is 1. The Hall–Kier alpha value is -2.63. The summed E-state index contributed by atoms with van der Waals surface area (Å²) in [5, 5.41) is 12.3. The first-order valence-corrected chi connectivity index (χ1v) is 16.8. The molecule has 1 aliphatic rings. The number of carbonyl (C=O) groups excluding carboxylic acids is 1. The Morgan fingerprint density at radius 3 is 2.33 bits per heavy atom. The van der Waals surface area contributed by atoms with Gasteiger partial charge in [0.25, 0.3) is 5.91 Å². The van der Waals surface area contributed by atoms with Gasteiger partial charge < -0.3 is 24.8 Å². The molecule has 1 unspecified atom stereocenters. The molecule has 3 rings (SSSR count). The summed E-state index contributed by atoms with van der Waals surface area (Å²) in [6.07, 6.45) is 3.35. The number of para-hydroxylation sites is 1. The molecular weight excluding hydrogens is 624 g/mol. The number of hydrogen-bond donors (Lipinski definition) is 2. The van der Waals surface area contributed by atoms with E-state index < -0.39 is 45.1 Å². The zero-order valence-corrected chi connectivity index (χ0v) is 27.7. The standard InChI is InChI=1S/C31H43BrN2O7S/c1-7-10-16-30(8-2)20-34(22-14-12-11-13-15-22)24-17-23(32)25(18-26(24)42(38,39)21-30)40-19-27(35)33-31(9-3,28(36)37)41-29(4,5)6/h11-15,17-18H,7-10,16,19-21H2,1-6H3,(H,33,35)(H,36,37)/t30?,31-/m0/s1. The third-order valence-electron chi connectivity index (χ3n) is 7.53. The number of carbonyl (C=O) groups is 2. The highest BCUT2D eigenvalue weighted by Crippen LogP contribution is 2.46. The second kappa shape index (κ2) is 13.3. The lowest BCUT2D eigenvalue weighted by Gasteiger charge is -2.36. The van der Waals surface area contributed by atoms with E-state index in [1.165, 1.54) is 6.07 Å². The van der Waals surface area contributed by atoms with Crippen molar-refractivity contribution in [1.29, 1.82) is 0 Å². The summed E-state index contributed by atoms with van der Waals surface area (Å²) < 4.78 is 40.0. The van der Waals surface area contributed by atoms with Crippen LogP contribution in [0.3, 0.4) is 0 Å². The van der Waals surface area contributed by atoms with Gasteiger partial charge in [0.05, 0.1) is 26.4 Å². The van der Waals surface area contributed by atoms with Crippen LogP contribution in [-0.4, -0.2) is 55.6 Å². The second-order valence-electron chi connectivity index (χ2n) is 11.9. The number of halogens is 1. The number of sulfone groups is 1. The number of rotatable bonds is 12. The second-order valence-corrected chi connectivity index (χ2v) is 14.7. The van der Waals surface area contributed by atoms with E-state index in [1.54, 1.807) is 33.8 Å². The van der Waals surface area contributed by atoms with E-state index in [-0.39, 0.29) is 22.8 Å². The fourth-order valence-corrected chi connectivity index (χ4v) is 7.96. The lowest BCUT2D eigenvalue weighted by atomic mass is 9.81. The van der Waals surface area contributed by atoms with Crippen LogP contribution in [-0.2, 0) is 24.2 Å². The van der Waals surface area contributed by atoms with Gasteiger partial charge in [-0.15, -0.1) is 0 Å². The molecule has 2 aromatic rings. The van der Waals surface area contributed by atoms with Gasteiger partial charge in [0, 0.05) is 30.1 Å². The predicted molar refractivity (Wildman–Crippen MR) is 167 cm³/mol. The SMILES string of the molecule is CCCCC1(CC)CN(c2ccccc2)c2cc(Br)c(OCC(=O)N[C@@](CC)(OC(C)(C)C)C(=O)O)cc2S(=O)(=O)C1. The molecule has 0 aliphatic carbocycles. The van der Waals surface area contributed by atoms with Crippen LogP contribution in [0.1, 0.15) is 73.6 Å². The molecule has 42 heavy (non-hydrogen) atoms. The quantitative estimate of drug-likeness (QED) is 0.248. The Balaban J connectivity index is 2.00. The molecule has 2 N–H and O–H groups in total. The van der Waals surface area contributed by atoms with Crippen molar-refractivity contribution < 1.29 is 32.6 Å². The lowest BCUT2D eigenvalue weighted by Crippen LogP contribution is -2.59. The minimum Gasteiger partial charge on any atom is -0.483 e. The summed E-state index contributed by atoms with van der Waals surface area (Å²) >= 11 is 3.52. The van der Waals surface area contributed by atoms with Crippen LogP contribution in [0, 0.1) is 5.41 Å². The zero-order valence-electron chi connectivity index (χ0n) is 25.3. The van der Waals surface area contributed by atoms with Crippen molar-refractivity contribution in [2.45, 2.75) is 89.9 Å². The third-order valence-corrected chi connectivity index (χ3v) is 10.1. The normalized spacial score (nSPS) is 19.7. The van der Waals surface area contributed by atoms with Crippen molar-refractivity contribution in [3.63, 3.8) is 0 Å². The number of benzene rings is 2. The minimum atomic E-state index is -3.75. The van der Waals surface area contributed by atoms with Gasteiger partial charge >= 0.3 is 5.97 Å². The molecule has 0 aromatic heterocycles. The van der Waals surface area contributed by atoms with Crippen LogP contribution < -0.4 is 15.0 Å². The van der Waals surface area contributed by atoms with Crippen LogP contribution >= 0.6 is 15.9 Å². The molecule has 0 saturated heterocycles. The number of fused-ring (bicyclic) bond motifs is 1. The number of hydrogen-bond acceptors (Lipinski definition) is 7. The first kappa shape index (κ1) is 33.9. The van der Waals surface area contributed by atoms with E-state index in [0.29, 0.717) is 23.1 Å². The van der Waals surface area contributed by atoms with Crippen molar-refractivity contribution in [3.05, 3.63) is 46.9 Å². The van der Waals surface area contributed by atoms with Crippen molar-refractivity contribution in [1.82, 2.24) is 5.32 Å². The van der Waals surface area contributed by atoms with Gasteiger partial charge in [0.15, 0.2) is 16.4 Å². The van der Waals surface area contributed by atoms with Crippen LogP contribution in [0.15, 0.2) is 51.8 Å². The van der Waals surface area contributed by atoms with E-state index in [1.807, 2.05) is 37.3 Å². The van der Waals surface area contributed by atoms with Crippen LogP contribution in [0.2, 0.25) is 0 Å². The minimum absolute atomic E-state index is 0.00380. The van der Waals surface area contributed by atoms with E-state index in [4.69, 9.17) is 9.47 Å². The molecule has 9 nitrogen and oxygen atoms in total. The number of nitrogens with one attached hydrogen (secondary N) is 1. The molecule has 0 bridgehead atoms. The Kier molecular flexibility index (Phi) is 10.8. The number of carboxylic acids is 1. The van der Waals surface area contributed by atoms with Gasteiger partial charge in [0.2, 0.25) is 5.72 Å². The average molecular weight is 668 g/mol. The molecule has 11 heteroatoms. The highest BCUT2D eigenvalue weighted by Gasteiger charge is 2.44. The zero-order chi connectivity index (χ0) is 31.3. The first-order chi connectivity index (χ1) is 19.6. The fraction of sp³-hybridized carbons (Fsp3) is 0.548. The summed E-state index contributed by atoms with van der Waals surface area (Å²) in [6, 6.07) is 12.9. The van der Waals surface area contributed by atoms with E-state index in [9.17, 15) is 23.1 Å². The number of anilines is 2. The number of carboxylic acid groups (broad SMARTS) is 1. The van der Waals surface area contributed by atoms with Gasteiger partial charge in [-0.2, -0.15) is 0 Å². The van der Waals surface area contributed by atoms with Crippen molar-refractivity contribution in [2.75, 3.05) is 23.8 Å². The predicted octanol–water partition coefficient (Wildman–Crippen LogP) is 6.46. The molecule has 1 aliphatic heterocycles. The lowest BCUT2D eigenvalue weighted by molar-refractivity contribution is -0.195. The highest BCUT2D eigenvalue weighted by atomic mass is 79.9. The molecule has 2 atom stereocenters. The monoisotopic (exact) mass is 666 g/mol.